The van der Waals surface area contributed by atoms with Crippen molar-refractivity contribution in [2.24, 2.45) is 0 Å². The van der Waals surface area contributed by atoms with Gasteiger partial charge < -0.3 is 20.1 Å². The minimum absolute atomic E-state index is 0.00482. The Morgan fingerprint density at radius 2 is 2.07 bits per heavy atom. The number of nitrogens with zero attached hydrogens (tertiary/aromatic N) is 5. The van der Waals surface area contributed by atoms with Gasteiger partial charge in [0.15, 0.2) is 5.82 Å². The summed E-state index contributed by atoms with van der Waals surface area (Å²) in [6, 6.07) is 5.67. The minimum Gasteiger partial charge on any atom is -0.508 e. The highest BCUT2D eigenvalue weighted by Gasteiger charge is 2.49. The van der Waals surface area contributed by atoms with E-state index in [-0.39, 0.29) is 52.1 Å². The summed E-state index contributed by atoms with van der Waals surface area (Å²) >= 11 is 0. The molecule has 5 heterocycles. The maximum absolute atomic E-state index is 16.7. The zero-order valence-corrected chi connectivity index (χ0v) is 24.4. The Hall–Kier alpha value is -4.14. The van der Waals surface area contributed by atoms with Crippen molar-refractivity contribution in [3.05, 3.63) is 47.7 Å². The van der Waals surface area contributed by atoms with Gasteiger partial charge in [-0.3, -0.25) is 9.88 Å². The van der Waals surface area contributed by atoms with E-state index in [9.17, 15) is 13.9 Å². The van der Waals surface area contributed by atoms with Gasteiger partial charge in [-0.15, -0.1) is 6.42 Å². The van der Waals surface area contributed by atoms with E-state index in [2.05, 4.69) is 37.9 Å². The first-order valence-corrected chi connectivity index (χ1v) is 15.1. The molecule has 0 spiro atoms. The highest BCUT2D eigenvalue weighted by atomic mass is 19.1. The van der Waals surface area contributed by atoms with Crippen molar-refractivity contribution >= 4 is 27.5 Å². The number of phenols is 1. The topological polar surface area (TPSA) is 86.6 Å². The average molecular weight is 603 g/mol. The van der Waals surface area contributed by atoms with Crippen LogP contribution in [0.2, 0.25) is 0 Å². The zero-order valence-electron chi connectivity index (χ0n) is 24.4. The van der Waals surface area contributed by atoms with Crippen LogP contribution < -0.4 is 15.0 Å². The van der Waals surface area contributed by atoms with Crippen molar-refractivity contribution < 1.29 is 23.0 Å². The molecule has 1 unspecified atom stereocenters. The lowest BCUT2D eigenvalue weighted by Gasteiger charge is -2.35. The van der Waals surface area contributed by atoms with E-state index in [4.69, 9.17) is 16.1 Å². The predicted octanol–water partition coefficient (Wildman–Crippen LogP) is 4.95. The van der Waals surface area contributed by atoms with Gasteiger partial charge in [-0.1, -0.05) is 18.9 Å². The van der Waals surface area contributed by atoms with Crippen LogP contribution in [0.25, 0.3) is 32.9 Å². The number of halogens is 3. The molecule has 3 aliphatic heterocycles. The molecule has 2 N–H and O–H groups in total. The first-order valence-electron chi connectivity index (χ1n) is 15.1. The second-order valence-electron chi connectivity index (χ2n) is 12.0. The number of alkyl halides is 1. The monoisotopic (exact) mass is 602 g/mol. The van der Waals surface area contributed by atoms with E-state index in [1.54, 1.807) is 0 Å². The van der Waals surface area contributed by atoms with E-state index < -0.39 is 23.3 Å². The maximum Gasteiger partial charge on any atom is 0.319 e. The summed E-state index contributed by atoms with van der Waals surface area (Å²) in [7, 11) is 0. The third kappa shape index (κ3) is 4.77. The molecule has 0 amide bonds. The van der Waals surface area contributed by atoms with Crippen molar-refractivity contribution in [2.75, 3.05) is 44.2 Å². The van der Waals surface area contributed by atoms with Crippen LogP contribution in [0.3, 0.4) is 0 Å². The second kappa shape index (κ2) is 11.1. The predicted molar refractivity (Wildman–Crippen MR) is 163 cm³/mol. The Labute approximate surface area is 253 Å². The lowest BCUT2D eigenvalue weighted by molar-refractivity contribution is 0.107. The largest absolute Gasteiger partial charge is 0.508 e. The fourth-order valence-electron chi connectivity index (χ4n) is 7.21. The number of piperazine rings is 1. The summed E-state index contributed by atoms with van der Waals surface area (Å²) in [6.07, 6.45) is 9.30. The van der Waals surface area contributed by atoms with Crippen molar-refractivity contribution in [3.8, 4) is 35.4 Å². The summed E-state index contributed by atoms with van der Waals surface area (Å²) < 4.78 is 52.1. The molecular weight excluding hydrogens is 569 g/mol. The molecule has 0 radical (unpaired) electrons. The second-order valence-corrected chi connectivity index (χ2v) is 12.0. The molecule has 0 saturated carbocycles. The molecule has 0 bridgehead atoms. The van der Waals surface area contributed by atoms with Gasteiger partial charge in [0.2, 0.25) is 0 Å². The Kier molecular flexibility index (Phi) is 7.22. The van der Waals surface area contributed by atoms with Gasteiger partial charge >= 0.3 is 6.01 Å². The normalized spacial score (nSPS) is 23.8. The van der Waals surface area contributed by atoms with Crippen LogP contribution in [0, 0.1) is 24.0 Å². The number of phenolic OH excluding ortho intramolecular Hbond substituents is 1. The molecule has 8 nitrogen and oxygen atoms in total. The van der Waals surface area contributed by atoms with Gasteiger partial charge in [0, 0.05) is 55.8 Å². The molecule has 2 aromatic heterocycles. The van der Waals surface area contributed by atoms with Crippen LogP contribution in [0.1, 0.15) is 38.2 Å². The summed E-state index contributed by atoms with van der Waals surface area (Å²) in [6.45, 7) is 5.49. The third-order valence-electron chi connectivity index (χ3n) is 9.37. The number of pyridine rings is 1. The molecule has 3 fully saturated rings. The van der Waals surface area contributed by atoms with Crippen LogP contribution in [0.4, 0.5) is 19.0 Å². The molecule has 0 aliphatic carbocycles. The number of terminal acetylenes is 1. The van der Waals surface area contributed by atoms with Gasteiger partial charge in [-0.2, -0.15) is 9.97 Å². The number of anilines is 1. The third-order valence-corrected chi connectivity index (χ3v) is 9.37. The number of aromatic hydroxyl groups is 1. The Morgan fingerprint density at radius 1 is 1.20 bits per heavy atom. The van der Waals surface area contributed by atoms with Crippen LogP contribution >= 0.6 is 0 Å². The molecule has 44 heavy (non-hydrogen) atoms. The van der Waals surface area contributed by atoms with Gasteiger partial charge in [0.25, 0.3) is 0 Å². The summed E-state index contributed by atoms with van der Waals surface area (Å²) in [4.78, 5) is 18.0. The Balaban J connectivity index is 1.38. The van der Waals surface area contributed by atoms with E-state index in [1.165, 1.54) is 30.5 Å². The fraction of sp³-hybridized carbons (Fsp3) is 0.424. The lowest BCUT2D eigenvalue weighted by Crippen LogP contribution is -2.50. The molecule has 7 rings (SSSR count). The van der Waals surface area contributed by atoms with Crippen molar-refractivity contribution in [1.82, 2.24) is 25.2 Å². The Bertz CT molecular complexity index is 1810. The number of benzene rings is 2. The van der Waals surface area contributed by atoms with Gasteiger partial charge in [-0.25, -0.2) is 13.2 Å². The van der Waals surface area contributed by atoms with E-state index >= 15 is 4.39 Å². The molecular formula is C33H33F3N6O2. The van der Waals surface area contributed by atoms with Crippen LogP contribution in [0.15, 0.2) is 30.5 Å². The van der Waals surface area contributed by atoms with E-state index in [0.29, 0.717) is 42.6 Å². The SMILES string of the molecule is C#Cc1c(F)ccc2cc(O)cc(-c3ncc4c(N5CCNC(CC)C5)nc(OC[C@@]56CCCN5C[C@H](F)C6)nc4c3F)c12. The van der Waals surface area contributed by atoms with E-state index in [0.717, 1.165) is 32.4 Å². The number of hydrogen-bond acceptors (Lipinski definition) is 8. The smallest absolute Gasteiger partial charge is 0.319 e. The van der Waals surface area contributed by atoms with Gasteiger partial charge in [0.05, 0.1) is 16.5 Å². The standard InChI is InChI=1S/C33H33F3N6O2/c1-3-21-17-41(11-9-37-21)31-25-15-38-29(24-13-22(43)12-19-6-7-26(35)23(4-2)27(19)24)28(36)30(25)39-32(40-31)44-18-33-8-5-10-42(33)16-20(34)14-33/h2,6-7,12-13,15,20-21,37,43H,3,5,8-11,14,16-18H2,1H3/t20-,21?,33+/m1/s1. The average Bonchev–Trinajstić information content (AvgIpc) is 3.55. The number of fused-ring (bicyclic) bond motifs is 3. The highest BCUT2D eigenvalue weighted by Crippen LogP contribution is 2.41. The lowest BCUT2D eigenvalue weighted by atomic mass is 9.95. The molecule has 228 valence electrons. The molecule has 3 atom stereocenters. The Morgan fingerprint density at radius 3 is 2.89 bits per heavy atom. The molecule has 11 heteroatoms. The quantitative estimate of drug-likeness (QED) is 0.300. The molecule has 3 saturated heterocycles. The first-order chi connectivity index (χ1) is 21.3. The summed E-state index contributed by atoms with van der Waals surface area (Å²) in [5.41, 5.74) is -0.506. The van der Waals surface area contributed by atoms with Gasteiger partial charge in [-0.05, 0) is 49.4 Å². The van der Waals surface area contributed by atoms with Crippen molar-refractivity contribution in [1.29, 1.82) is 0 Å². The van der Waals surface area contributed by atoms with Crippen LogP contribution in [-0.4, -0.2) is 82.0 Å². The summed E-state index contributed by atoms with van der Waals surface area (Å²) in [5.74, 6) is 1.30. The minimum atomic E-state index is -0.917. The fourth-order valence-corrected chi connectivity index (χ4v) is 7.21. The number of nitrogens with one attached hydrogen (secondary N) is 1. The van der Waals surface area contributed by atoms with Crippen LogP contribution in [-0.2, 0) is 0 Å². The van der Waals surface area contributed by atoms with Crippen molar-refractivity contribution in [2.45, 2.75) is 50.4 Å². The number of rotatable bonds is 6. The van der Waals surface area contributed by atoms with Crippen LogP contribution in [0.5, 0.6) is 11.8 Å². The number of ether oxygens (including phenoxy) is 1. The number of hydrogen-bond donors (Lipinski definition) is 2. The number of aromatic nitrogens is 3. The van der Waals surface area contributed by atoms with E-state index in [1.807, 2.05) is 0 Å². The molecule has 2 aromatic carbocycles. The molecule has 4 aromatic rings. The highest BCUT2D eigenvalue weighted by molar-refractivity contribution is 6.03. The van der Waals surface area contributed by atoms with Crippen molar-refractivity contribution in [3.63, 3.8) is 0 Å². The van der Waals surface area contributed by atoms with Gasteiger partial charge in [0.1, 0.15) is 41.4 Å². The molecule has 3 aliphatic rings. The zero-order chi connectivity index (χ0) is 30.6. The summed E-state index contributed by atoms with van der Waals surface area (Å²) in [5, 5.41) is 15.1. The first kappa shape index (κ1) is 28.6. The maximum atomic E-state index is 16.7.